The van der Waals surface area contributed by atoms with Crippen molar-refractivity contribution >= 4 is 5.69 Å². The number of hydrogen-bond acceptors (Lipinski definition) is 6. The highest BCUT2D eigenvalue weighted by Crippen LogP contribution is 2.46. The molecule has 0 amide bonds. The van der Waals surface area contributed by atoms with Crippen LogP contribution in [0.25, 0.3) is 11.3 Å². The van der Waals surface area contributed by atoms with Gasteiger partial charge >= 0.3 is 0 Å². The van der Waals surface area contributed by atoms with Crippen molar-refractivity contribution < 1.29 is 9.47 Å². The number of benzene rings is 2. The van der Waals surface area contributed by atoms with E-state index >= 15 is 0 Å². The van der Waals surface area contributed by atoms with Crippen molar-refractivity contribution in [2.45, 2.75) is 33.1 Å². The molecule has 0 aliphatic carbocycles. The van der Waals surface area contributed by atoms with Crippen LogP contribution in [0.5, 0.6) is 11.6 Å². The van der Waals surface area contributed by atoms with Crippen LogP contribution in [0.1, 0.15) is 44.2 Å². The summed E-state index contributed by atoms with van der Waals surface area (Å²) in [7, 11) is 0. The maximum Gasteiger partial charge on any atom is 0.244 e. The van der Waals surface area contributed by atoms with E-state index in [9.17, 15) is 5.26 Å². The minimum absolute atomic E-state index is 0.0872. The molecule has 0 fully saturated rings. The fourth-order valence-corrected chi connectivity index (χ4v) is 4.20. The maximum atomic E-state index is 9.93. The van der Waals surface area contributed by atoms with Crippen molar-refractivity contribution in [2.24, 2.45) is 5.73 Å². The van der Waals surface area contributed by atoms with Gasteiger partial charge in [-0.25, -0.2) is 0 Å². The molecular formula is C26H29N5O2. The summed E-state index contributed by atoms with van der Waals surface area (Å²) in [5, 5.41) is 17.4. The monoisotopic (exact) mass is 443 g/mol. The molecule has 1 atom stereocenters. The van der Waals surface area contributed by atoms with Crippen molar-refractivity contribution in [3.63, 3.8) is 0 Å². The zero-order chi connectivity index (χ0) is 23.4. The van der Waals surface area contributed by atoms with Gasteiger partial charge in [-0.15, -0.1) is 5.10 Å². The minimum atomic E-state index is -0.380. The number of hydrogen-bond donors (Lipinski definition) is 2. The second-order valence-corrected chi connectivity index (χ2v) is 7.88. The SMILES string of the molecule is CCCOc1ccc(-c2[nH]nc3c2C(c2ccc(N(CC)CC)cc2)C(C#N)=C(N)O3)cc1. The smallest absolute Gasteiger partial charge is 0.244 e. The lowest BCUT2D eigenvalue weighted by atomic mass is 9.83. The van der Waals surface area contributed by atoms with Crippen LogP contribution in [0.4, 0.5) is 5.69 Å². The predicted octanol–water partition coefficient (Wildman–Crippen LogP) is 4.93. The predicted molar refractivity (Wildman–Crippen MR) is 129 cm³/mol. The minimum Gasteiger partial charge on any atom is -0.494 e. The fraction of sp³-hybridized carbons (Fsp3) is 0.308. The number of anilines is 1. The molecule has 0 radical (unpaired) electrons. The quantitative estimate of drug-likeness (QED) is 0.512. The average Bonchev–Trinajstić information content (AvgIpc) is 3.26. The van der Waals surface area contributed by atoms with Crippen LogP contribution in [0.3, 0.4) is 0 Å². The summed E-state index contributed by atoms with van der Waals surface area (Å²) in [5.41, 5.74) is 11.1. The average molecular weight is 444 g/mol. The first-order valence-corrected chi connectivity index (χ1v) is 11.3. The highest BCUT2D eigenvalue weighted by Gasteiger charge is 2.35. The summed E-state index contributed by atoms with van der Waals surface area (Å²) in [6.07, 6.45) is 0.951. The largest absolute Gasteiger partial charge is 0.494 e. The molecule has 170 valence electrons. The summed E-state index contributed by atoms with van der Waals surface area (Å²) in [6.45, 7) is 8.87. The standard InChI is InChI=1S/C26H29N5O2/c1-4-15-32-20-13-9-18(10-14-20)24-23-22(21(16-27)25(28)33-26(23)30-29-24)17-7-11-19(12-8-17)31(5-2)6-3/h7-14,22H,4-6,15,28H2,1-3H3,(H,29,30). The molecule has 1 aliphatic heterocycles. The third kappa shape index (κ3) is 4.24. The fourth-order valence-electron chi connectivity index (χ4n) is 4.20. The van der Waals surface area contributed by atoms with Crippen molar-refractivity contribution in [3.05, 3.63) is 71.1 Å². The number of H-pyrrole nitrogens is 1. The van der Waals surface area contributed by atoms with Gasteiger partial charge in [0, 0.05) is 24.3 Å². The van der Waals surface area contributed by atoms with Crippen molar-refractivity contribution in [1.29, 1.82) is 5.26 Å². The van der Waals surface area contributed by atoms with Crippen LogP contribution in [0.15, 0.2) is 60.0 Å². The molecule has 4 rings (SSSR count). The first kappa shape index (κ1) is 22.3. The summed E-state index contributed by atoms with van der Waals surface area (Å²) >= 11 is 0. The van der Waals surface area contributed by atoms with Crippen LogP contribution in [0.2, 0.25) is 0 Å². The number of allylic oxidation sites excluding steroid dienone is 1. The highest BCUT2D eigenvalue weighted by atomic mass is 16.5. The van der Waals surface area contributed by atoms with Crippen LogP contribution in [-0.2, 0) is 0 Å². The molecule has 0 saturated heterocycles. The molecule has 0 saturated carbocycles. The number of aromatic amines is 1. The van der Waals surface area contributed by atoms with E-state index in [1.807, 2.05) is 24.3 Å². The van der Waals surface area contributed by atoms with Gasteiger partial charge in [-0.1, -0.05) is 19.1 Å². The third-order valence-electron chi connectivity index (χ3n) is 5.91. The number of fused-ring (bicyclic) bond motifs is 1. The second kappa shape index (κ2) is 9.70. The number of nitriles is 1. The van der Waals surface area contributed by atoms with E-state index in [0.29, 0.717) is 18.1 Å². The van der Waals surface area contributed by atoms with E-state index in [1.165, 1.54) is 0 Å². The Labute approximate surface area is 194 Å². The number of nitrogens with zero attached hydrogens (tertiary/aromatic N) is 3. The van der Waals surface area contributed by atoms with Gasteiger partial charge in [-0.05, 0) is 62.2 Å². The van der Waals surface area contributed by atoms with E-state index in [2.05, 4.69) is 66.2 Å². The number of nitrogens with one attached hydrogen (secondary N) is 1. The van der Waals surface area contributed by atoms with E-state index in [0.717, 1.165) is 53.3 Å². The lowest BCUT2D eigenvalue weighted by Crippen LogP contribution is -2.22. The van der Waals surface area contributed by atoms with Crippen molar-refractivity contribution in [1.82, 2.24) is 10.2 Å². The Kier molecular flexibility index (Phi) is 6.55. The van der Waals surface area contributed by atoms with E-state index in [-0.39, 0.29) is 11.8 Å². The molecule has 0 spiro atoms. The number of ether oxygens (including phenoxy) is 2. The first-order chi connectivity index (χ1) is 16.1. The van der Waals surface area contributed by atoms with Gasteiger partial charge in [0.25, 0.3) is 0 Å². The molecule has 0 bridgehead atoms. The third-order valence-corrected chi connectivity index (χ3v) is 5.91. The molecule has 1 aromatic heterocycles. The van der Waals surface area contributed by atoms with E-state index in [1.54, 1.807) is 0 Å². The zero-order valence-corrected chi connectivity index (χ0v) is 19.3. The summed E-state index contributed by atoms with van der Waals surface area (Å²) in [6, 6.07) is 18.4. The van der Waals surface area contributed by atoms with E-state index < -0.39 is 0 Å². The molecule has 1 aliphatic rings. The Bertz CT molecular complexity index is 1170. The molecule has 3 aromatic rings. The Morgan fingerprint density at radius 1 is 1.09 bits per heavy atom. The Balaban J connectivity index is 1.76. The second-order valence-electron chi connectivity index (χ2n) is 7.88. The van der Waals surface area contributed by atoms with Gasteiger partial charge in [-0.3, -0.25) is 5.10 Å². The molecule has 3 N–H and O–H groups in total. The lowest BCUT2D eigenvalue weighted by molar-refractivity contribution is 0.317. The van der Waals surface area contributed by atoms with Crippen LogP contribution in [0, 0.1) is 11.3 Å². The van der Waals surface area contributed by atoms with E-state index in [4.69, 9.17) is 15.2 Å². The van der Waals surface area contributed by atoms with Crippen LogP contribution in [-0.4, -0.2) is 29.9 Å². The Hall–Kier alpha value is -3.92. The molecule has 2 heterocycles. The summed E-state index contributed by atoms with van der Waals surface area (Å²) in [5.74, 6) is 0.916. The maximum absolute atomic E-state index is 9.93. The molecular weight excluding hydrogens is 414 g/mol. The van der Waals surface area contributed by atoms with Gasteiger partial charge in [0.2, 0.25) is 11.8 Å². The number of rotatable bonds is 8. The molecule has 33 heavy (non-hydrogen) atoms. The van der Waals surface area contributed by atoms with Gasteiger partial charge in [0.1, 0.15) is 17.4 Å². The van der Waals surface area contributed by atoms with Gasteiger partial charge in [0.15, 0.2) is 0 Å². The Morgan fingerprint density at radius 2 is 1.79 bits per heavy atom. The topological polar surface area (TPSA) is 100 Å². The number of aromatic nitrogens is 2. The highest BCUT2D eigenvalue weighted by molar-refractivity contribution is 5.71. The molecule has 7 nitrogen and oxygen atoms in total. The normalized spacial score (nSPS) is 14.9. The van der Waals surface area contributed by atoms with Gasteiger partial charge < -0.3 is 20.1 Å². The van der Waals surface area contributed by atoms with Crippen LogP contribution < -0.4 is 20.1 Å². The zero-order valence-electron chi connectivity index (χ0n) is 19.3. The Morgan fingerprint density at radius 3 is 2.39 bits per heavy atom. The van der Waals surface area contributed by atoms with Crippen molar-refractivity contribution in [2.75, 3.05) is 24.6 Å². The molecule has 2 aromatic carbocycles. The molecule has 1 unspecified atom stereocenters. The number of nitrogens with two attached hydrogens (primary N) is 1. The first-order valence-electron chi connectivity index (χ1n) is 11.3. The molecule has 7 heteroatoms. The van der Waals surface area contributed by atoms with Gasteiger partial charge in [0.05, 0.1) is 23.8 Å². The van der Waals surface area contributed by atoms with Crippen molar-refractivity contribution in [3.8, 4) is 29.0 Å². The van der Waals surface area contributed by atoms with Gasteiger partial charge in [-0.2, -0.15) is 5.26 Å². The summed E-state index contributed by atoms with van der Waals surface area (Å²) < 4.78 is 11.4. The lowest BCUT2D eigenvalue weighted by Gasteiger charge is -2.25. The summed E-state index contributed by atoms with van der Waals surface area (Å²) in [4.78, 5) is 2.28. The van der Waals surface area contributed by atoms with Crippen LogP contribution >= 0.6 is 0 Å².